The third-order valence-electron chi connectivity index (χ3n) is 13.6. The highest BCUT2D eigenvalue weighted by Gasteiger charge is 2.53. The van der Waals surface area contributed by atoms with Crippen molar-refractivity contribution in [2.75, 3.05) is 4.90 Å². The Balaban J connectivity index is 1.18. The molecule has 4 aliphatic carbocycles. The molecule has 4 aliphatic rings. The van der Waals surface area contributed by atoms with Crippen LogP contribution in [0.3, 0.4) is 0 Å². The van der Waals surface area contributed by atoms with Gasteiger partial charge in [-0.2, -0.15) is 0 Å². The first-order valence-corrected chi connectivity index (χ1v) is 20.3. The molecule has 7 aromatic rings. The molecule has 0 aromatic heterocycles. The monoisotopic (exact) mass is 719 g/mol. The van der Waals surface area contributed by atoms with Crippen molar-refractivity contribution in [2.45, 2.75) is 56.8 Å². The van der Waals surface area contributed by atoms with Gasteiger partial charge in [0.2, 0.25) is 0 Å². The molecular formula is C55H45N. The molecule has 0 heterocycles. The Bertz CT molecular complexity index is 2760. The Morgan fingerprint density at radius 3 is 1.61 bits per heavy atom. The normalized spacial score (nSPS) is 17.1. The molecule has 0 saturated carbocycles. The summed E-state index contributed by atoms with van der Waals surface area (Å²) < 4.78 is 0. The first kappa shape index (κ1) is 33.2. The van der Waals surface area contributed by atoms with Gasteiger partial charge in [0, 0.05) is 27.9 Å². The molecule has 1 spiro atoms. The van der Waals surface area contributed by atoms with Crippen molar-refractivity contribution in [1.82, 2.24) is 0 Å². The van der Waals surface area contributed by atoms with E-state index in [-0.39, 0.29) is 10.8 Å². The fourth-order valence-corrected chi connectivity index (χ4v) is 11.0. The van der Waals surface area contributed by atoms with E-state index in [1.807, 2.05) is 0 Å². The zero-order valence-corrected chi connectivity index (χ0v) is 32.6. The fourth-order valence-electron chi connectivity index (χ4n) is 11.0. The summed E-state index contributed by atoms with van der Waals surface area (Å²) in [6.07, 6.45) is 6.76. The second-order valence-corrected chi connectivity index (χ2v) is 17.1. The molecule has 1 heteroatoms. The van der Waals surface area contributed by atoms with Crippen molar-refractivity contribution in [3.8, 4) is 22.3 Å². The third-order valence-corrected chi connectivity index (χ3v) is 13.6. The van der Waals surface area contributed by atoms with Crippen LogP contribution in [0.5, 0.6) is 0 Å². The lowest BCUT2D eigenvalue weighted by Crippen LogP contribution is -2.40. The maximum absolute atomic E-state index is 2.55. The number of anilines is 2. The molecule has 0 bridgehead atoms. The third kappa shape index (κ3) is 4.37. The summed E-state index contributed by atoms with van der Waals surface area (Å²) in [6, 6.07) is 62.2. The average Bonchev–Trinajstić information content (AvgIpc) is 3.66. The van der Waals surface area contributed by atoms with Gasteiger partial charge in [0.05, 0.1) is 5.41 Å². The minimum Gasteiger partial charge on any atom is -0.310 e. The van der Waals surface area contributed by atoms with Gasteiger partial charge in [0.15, 0.2) is 0 Å². The largest absolute Gasteiger partial charge is 0.310 e. The number of hydrogen-bond donors (Lipinski definition) is 0. The summed E-state index contributed by atoms with van der Waals surface area (Å²) in [5.74, 6) is 0. The van der Waals surface area contributed by atoms with E-state index in [1.165, 1.54) is 95.0 Å². The molecule has 1 nitrogen and oxygen atoms in total. The van der Waals surface area contributed by atoms with Crippen molar-refractivity contribution < 1.29 is 0 Å². The van der Waals surface area contributed by atoms with Gasteiger partial charge in [0.25, 0.3) is 0 Å². The van der Waals surface area contributed by atoms with E-state index in [0.29, 0.717) is 0 Å². The van der Waals surface area contributed by atoms with Crippen LogP contribution < -0.4 is 4.90 Å². The lowest BCUT2D eigenvalue weighted by molar-refractivity contribution is 0.563. The molecule has 11 rings (SSSR count). The summed E-state index contributed by atoms with van der Waals surface area (Å²) in [6.45, 7) is 9.56. The maximum atomic E-state index is 2.55. The maximum Gasteiger partial charge on any atom is 0.0719 e. The van der Waals surface area contributed by atoms with Crippen molar-refractivity contribution in [1.29, 1.82) is 0 Å². The number of benzene rings is 7. The standard InChI is InChI=1S/C55H45N/c1-53(2)44-23-11-8-21-40(44)42-32-30-38(35-51(42)53)56(52-29-17-10-20-39(52)36-18-6-5-7-19-36)37-31-33-46-43(34-37)41-22-9-12-24-45(41)55(46)49-27-15-13-25-47(49)54(3,4)48-26-14-16-28-50(48)55/h5-9,11-19,21-35H,10,20H2,1-4H3. The van der Waals surface area contributed by atoms with E-state index in [1.54, 1.807) is 0 Å². The minimum atomic E-state index is -0.416. The number of rotatable bonds is 4. The van der Waals surface area contributed by atoms with Gasteiger partial charge in [-0.15, -0.1) is 0 Å². The number of fused-ring (bicyclic) bond motifs is 12. The van der Waals surface area contributed by atoms with Crippen LogP contribution in [0.25, 0.3) is 27.8 Å². The van der Waals surface area contributed by atoms with Gasteiger partial charge >= 0.3 is 0 Å². The van der Waals surface area contributed by atoms with Crippen LogP contribution >= 0.6 is 0 Å². The highest BCUT2D eigenvalue weighted by molar-refractivity contribution is 5.93. The van der Waals surface area contributed by atoms with Crippen LogP contribution in [0.2, 0.25) is 0 Å². The number of nitrogens with zero attached hydrogens (tertiary/aromatic N) is 1. The fraction of sp³-hybridized carbons (Fsp3) is 0.164. The first-order chi connectivity index (χ1) is 27.3. The average molecular weight is 720 g/mol. The summed E-state index contributed by atoms with van der Waals surface area (Å²) in [7, 11) is 0. The van der Waals surface area contributed by atoms with E-state index in [9.17, 15) is 0 Å². The molecule has 0 N–H and O–H groups in total. The Morgan fingerprint density at radius 1 is 0.411 bits per heavy atom. The SMILES string of the molecule is CC1(C)c2ccccc2-c2ccc(N(C3=C(c4ccccc4)CCC=C3)c3ccc4c(c3)-c3ccccc3C43c4ccccc4C(C)(C)c4ccccc43)cc21. The highest BCUT2D eigenvalue weighted by Crippen LogP contribution is 2.62. The summed E-state index contributed by atoms with van der Waals surface area (Å²) in [5, 5.41) is 0. The zero-order chi connectivity index (χ0) is 37.8. The summed E-state index contributed by atoms with van der Waals surface area (Å²) in [5.41, 5.74) is 22.0. The van der Waals surface area contributed by atoms with E-state index in [2.05, 4.69) is 209 Å². The molecule has 270 valence electrons. The van der Waals surface area contributed by atoms with Crippen LogP contribution in [0, 0.1) is 0 Å². The van der Waals surface area contributed by atoms with Crippen molar-refractivity contribution in [2.24, 2.45) is 0 Å². The van der Waals surface area contributed by atoms with Gasteiger partial charge in [-0.3, -0.25) is 0 Å². The molecule has 0 radical (unpaired) electrons. The molecule has 0 fully saturated rings. The summed E-state index contributed by atoms with van der Waals surface area (Å²) in [4.78, 5) is 2.55. The first-order valence-electron chi connectivity index (χ1n) is 20.3. The predicted molar refractivity (Wildman–Crippen MR) is 234 cm³/mol. The quantitative estimate of drug-likeness (QED) is 0.175. The van der Waals surface area contributed by atoms with E-state index in [4.69, 9.17) is 0 Å². The van der Waals surface area contributed by atoms with Gasteiger partial charge < -0.3 is 4.90 Å². The number of hydrogen-bond acceptors (Lipinski definition) is 1. The van der Waals surface area contributed by atoms with E-state index < -0.39 is 5.41 Å². The molecule has 0 amide bonds. The second-order valence-electron chi connectivity index (χ2n) is 17.1. The van der Waals surface area contributed by atoms with Crippen molar-refractivity contribution in [3.63, 3.8) is 0 Å². The highest BCUT2D eigenvalue weighted by atomic mass is 15.1. The Hall–Kier alpha value is -6.18. The lowest BCUT2D eigenvalue weighted by Gasteiger charge is -2.46. The minimum absolute atomic E-state index is 0.106. The molecule has 0 atom stereocenters. The molecule has 0 unspecified atom stereocenters. The lowest BCUT2D eigenvalue weighted by atomic mass is 9.55. The van der Waals surface area contributed by atoms with Crippen LogP contribution in [0.4, 0.5) is 11.4 Å². The van der Waals surface area contributed by atoms with Crippen LogP contribution in [0.1, 0.15) is 90.6 Å². The van der Waals surface area contributed by atoms with Crippen molar-refractivity contribution >= 4 is 16.9 Å². The molecule has 0 saturated heterocycles. The molecule has 7 aromatic carbocycles. The smallest absolute Gasteiger partial charge is 0.0719 e. The van der Waals surface area contributed by atoms with Crippen molar-refractivity contribution in [3.05, 3.63) is 232 Å². The van der Waals surface area contributed by atoms with Gasteiger partial charge in [-0.05, 0) is 121 Å². The van der Waals surface area contributed by atoms with Gasteiger partial charge in [-0.25, -0.2) is 0 Å². The van der Waals surface area contributed by atoms with E-state index >= 15 is 0 Å². The molecular weight excluding hydrogens is 675 g/mol. The van der Waals surface area contributed by atoms with Crippen LogP contribution in [-0.4, -0.2) is 0 Å². The Labute approximate surface area is 331 Å². The topological polar surface area (TPSA) is 3.24 Å². The Kier molecular flexibility index (Phi) is 7.06. The molecule has 0 aliphatic heterocycles. The van der Waals surface area contributed by atoms with Crippen LogP contribution in [-0.2, 0) is 16.2 Å². The zero-order valence-electron chi connectivity index (χ0n) is 32.6. The molecule has 56 heavy (non-hydrogen) atoms. The second kappa shape index (κ2) is 11.9. The van der Waals surface area contributed by atoms with E-state index in [0.717, 1.165) is 12.8 Å². The van der Waals surface area contributed by atoms with Gasteiger partial charge in [-0.1, -0.05) is 173 Å². The summed E-state index contributed by atoms with van der Waals surface area (Å²) >= 11 is 0. The number of allylic oxidation sites excluding steroid dienone is 3. The van der Waals surface area contributed by atoms with Gasteiger partial charge in [0.1, 0.15) is 0 Å². The predicted octanol–water partition coefficient (Wildman–Crippen LogP) is 13.9. The van der Waals surface area contributed by atoms with Crippen LogP contribution in [0.15, 0.2) is 182 Å². The Morgan fingerprint density at radius 2 is 0.911 bits per heavy atom.